The van der Waals surface area contributed by atoms with Crippen LogP contribution < -0.4 is 5.73 Å². The number of hydrogen-bond acceptors (Lipinski definition) is 3. The quantitative estimate of drug-likeness (QED) is 0.665. The first kappa shape index (κ1) is 13.3. The lowest BCUT2D eigenvalue weighted by atomic mass is 9.94. The molecule has 0 spiro atoms. The minimum absolute atomic E-state index is 0.171. The number of primary amides is 1. The second-order valence-corrected chi connectivity index (χ2v) is 4.61. The first-order valence-electron chi connectivity index (χ1n) is 6.38. The summed E-state index contributed by atoms with van der Waals surface area (Å²) in [5, 5.41) is 0. The molecule has 0 fully saturated rings. The molecule has 0 saturated heterocycles. The molecule has 0 aliphatic heterocycles. The first-order chi connectivity index (χ1) is 9.18. The van der Waals surface area contributed by atoms with E-state index < -0.39 is 12.0 Å². The van der Waals surface area contributed by atoms with Gasteiger partial charge < -0.3 is 10.5 Å². The summed E-state index contributed by atoms with van der Waals surface area (Å²) >= 11 is 0. The Hall–Kier alpha value is -2.10. The largest absolute Gasteiger partial charge is 0.447 e. The number of allylic oxidation sites excluding steroid dienone is 2. The van der Waals surface area contributed by atoms with Gasteiger partial charge in [-0.1, -0.05) is 42.5 Å². The Morgan fingerprint density at radius 2 is 1.95 bits per heavy atom. The maximum Gasteiger partial charge on any atom is 0.310 e. The molecule has 2 N–H and O–H groups in total. The number of ether oxygens (including phenoxy) is 1. The summed E-state index contributed by atoms with van der Waals surface area (Å²) in [7, 11) is 0. The fourth-order valence-electron chi connectivity index (χ4n) is 2.14. The lowest BCUT2D eigenvalue weighted by Crippen LogP contribution is -2.29. The van der Waals surface area contributed by atoms with Gasteiger partial charge in [-0.2, -0.15) is 0 Å². The Bertz CT molecular complexity index is 481. The van der Waals surface area contributed by atoms with Crippen LogP contribution in [0.25, 0.3) is 0 Å². The fraction of sp³-hybridized carbons (Fsp3) is 0.333. The van der Waals surface area contributed by atoms with Crippen LogP contribution >= 0.6 is 0 Å². The van der Waals surface area contributed by atoms with Gasteiger partial charge in [0.15, 0.2) is 0 Å². The van der Waals surface area contributed by atoms with Gasteiger partial charge in [0.1, 0.15) is 0 Å². The molecule has 0 aromatic heterocycles. The van der Waals surface area contributed by atoms with E-state index in [0.29, 0.717) is 12.0 Å². The fourth-order valence-corrected chi connectivity index (χ4v) is 2.14. The predicted octanol–water partition coefficient (Wildman–Crippen LogP) is 2.11. The van der Waals surface area contributed by atoms with E-state index in [-0.39, 0.29) is 11.9 Å². The van der Waals surface area contributed by atoms with Crippen molar-refractivity contribution in [1.29, 1.82) is 0 Å². The van der Waals surface area contributed by atoms with Crippen molar-refractivity contribution in [2.24, 2.45) is 11.7 Å². The molecule has 2 unspecified atom stereocenters. The van der Waals surface area contributed by atoms with Gasteiger partial charge in [0.05, 0.1) is 5.92 Å². The molecule has 0 bridgehead atoms. The maximum absolute atomic E-state index is 12.0. The Balaban J connectivity index is 2.07. The number of esters is 1. The highest BCUT2D eigenvalue weighted by Gasteiger charge is 2.27. The maximum atomic E-state index is 12.0. The summed E-state index contributed by atoms with van der Waals surface area (Å²) in [4.78, 5) is 23.5. The standard InChI is InChI=1S/C15H17NO3/c16-14(17)13(11-7-3-1-4-8-11)19-15(18)12-9-5-2-6-10-12/h1-5,7-8,12-13H,6,9-10H2,(H2,16,17). The lowest BCUT2D eigenvalue weighted by Gasteiger charge is -2.20. The van der Waals surface area contributed by atoms with Crippen LogP contribution in [0, 0.1) is 5.92 Å². The number of carbonyl (C=O) groups is 2. The van der Waals surface area contributed by atoms with Crippen LogP contribution in [0.3, 0.4) is 0 Å². The Morgan fingerprint density at radius 3 is 2.53 bits per heavy atom. The second-order valence-electron chi connectivity index (χ2n) is 4.61. The highest BCUT2D eigenvalue weighted by molar-refractivity contribution is 5.84. The summed E-state index contributed by atoms with van der Waals surface area (Å²) < 4.78 is 5.29. The summed E-state index contributed by atoms with van der Waals surface area (Å²) in [6.07, 6.45) is 5.31. The summed E-state index contributed by atoms with van der Waals surface area (Å²) in [5.74, 6) is -1.17. The summed E-state index contributed by atoms with van der Waals surface area (Å²) in [5.41, 5.74) is 5.92. The molecular formula is C15H17NO3. The molecule has 1 amide bonds. The number of benzene rings is 1. The average molecular weight is 259 g/mol. The van der Waals surface area contributed by atoms with Gasteiger partial charge >= 0.3 is 5.97 Å². The summed E-state index contributed by atoms with van der Waals surface area (Å²) in [6.45, 7) is 0. The molecule has 1 aromatic carbocycles. The van der Waals surface area contributed by atoms with Crippen LogP contribution in [-0.2, 0) is 14.3 Å². The first-order valence-corrected chi connectivity index (χ1v) is 6.38. The van der Waals surface area contributed by atoms with Gasteiger partial charge in [-0.15, -0.1) is 0 Å². The van der Waals surface area contributed by atoms with E-state index in [0.717, 1.165) is 12.8 Å². The molecule has 0 radical (unpaired) electrons. The minimum Gasteiger partial charge on any atom is -0.447 e. The van der Waals surface area contributed by atoms with Crippen molar-refractivity contribution in [3.8, 4) is 0 Å². The molecule has 100 valence electrons. The van der Waals surface area contributed by atoms with Crippen LogP contribution in [0.4, 0.5) is 0 Å². The third-order valence-corrected chi connectivity index (χ3v) is 3.20. The van der Waals surface area contributed by atoms with E-state index >= 15 is 0 Å². The molecule has 0 heterocycles. The van der Waals surface area contributed by atoms with Gasteiger partial charge in [0, 0.05) is 5.56 Å². The zero-order valence-corrected chi connectivity index (χ0v) is 10.6. The Morgan fingerprint density at radius 1 is 1.21 bits per heavy atom. The Labute approximate surface area is 112 Å². The Kier molecular flexibility index (Phi) is 4.34. The van der Waals surface area contributed by atoms with Gasteiger partial charge in [0.2, 0.25) is 6.10 Å². The van der Waals surface area contributed by atoms with Crippen molar-refractivity contribution in [2.75, 3.05) is 0 Å². The highest BCUT2D eigenvalue weighted by Crippen LogP contribution is 2.24. The highest BCUT2D eigenvalue weighted by atomic mass is 16.5. The average Bonchev–Trinajstić information content (AvgIpc) is 2.46. The van der Waals surface area contributed by atoms with E-state index in [1.54, 1.807) is 24.3 Å². The zero-order chi connectivity index (χ0) is 13.7. The van der Waals surface area contributed by atoms with E-state index in [1.165, 1.54) is 0 Å². The molecule has 1 aliphatic carbocycles. The van der Waals surface area contributed by atoms with E-state index in [9.17, 15) is 9.59 Å². The molecule has 19 heavy (non-hydrogen) atoms. The third kappa shape index (κ3) is 3.44. The monoisotopic (exact) mass is 259 g/mol. The zero-order valence-electron chi connectivity index (χ0n) is 10.6. The van der Waals surface area contributed by atoms with Crippen LogP contribution in [-0.4, -0.2) is 11.9 Å². The molecule has 1 aliphatic rings. The van der Waals surface area contributed by atoms with Crippen LogP contribution in [0.2, 0.25) is 0 Å². The van der Waals surface area contributed by atoms with Crippen molar-refractivity contribution < 1.29 is 14.3 Å². The minimum atomic E-state index is -1.00. The molecule has 2 rings (SSSR count). The second kappa shape index (κ2) is 6.18. The van der Waals surface area contributed by atoms with Crippen molar-refractivity contribution in [2.45, 2.75) is 25.4 Å². The van der Waals surface area contributed by atoms with E-state index in [2.05, 4.69) is 0 Å². The van der Waals surface area contributed by atoms with Crippen molar-refractivity contribution in [3.63, 3.8) is 0 Å². The third-order valence-electron chi connectivity index (χ3n) is 3.20. The number of amides is 1. The number of hydrogen-bond donors (Lipinski definition) is 1. The van der Waals surface area contributed by atoms with Crippen molar-refractivity contribution >= 4 is 11.9 Å². The lowest BCUT2D eigenvalue weighted by molar-refractivity contribution is -0.159. The SMILES string of the molecule is NC(=O)C(OC(=O)C1CC=CCC1)c1ccccc1. The topological polar surface area (TPSA) is 69.4 Å². The van der Waals surface area contributed by atoms with Gasteiger partial charge in [-0.05, 0) is 19.3 Å². The molecule has 4 nitrogen and oxygen atoms in total. The van der Waals surface area contributed by atoms with Crippen LogP contribution in [0.1, 0.15) is 30.9 Å². The summed E-state index contributed by atoms with van der Waals surface area (Å²) in [6, 6.07) is 8.84. The van der Waals surface area contributed by atoms with Crippen LogP contribution in [0.5, 0.6) is 0 Å². The normalized spacial score (nSPS) is 19.7. The molecule has 0 saturated carbocycles. The molecular weight excluding hydrogens is 242 g/mol. The van der Waals surface area contributed by atoms with Crippen LogP contribution in [0.15, 0.2) is 42.5 Å². The van der Waals surface area contributed by atoms with Gasteiger partial charge in [0.25, 0.3) is 5.91 Å². The molecule has 4 heteroatoms. The predicted molar refractivity (Wildman–Crippen MR) is 71.0 cm³/mol. The number of rotatable bonds is 4. The van der Waals surface area contributed by atoms with Gasteiger partial charge in [-0.3, -0.25) is 9.59 Å². The van der Waals surface area contributed by atoms with Gasteiger partial charge in [-0.25, -0.2) is 0 Å². The molecule has 2 atom stereocenters. The van der Waals surface area contributed by atoms with E-state index in [4.69, 9.17) is 10.5 Å². The van der Waals surface area contributed by atoms with Crippen molar-refractivity contribution in [3.05, 3.63) is 48.0 Å². The van der Waals surface area contributed by atoms with Crippen molar-refractivity contribution in [1.82, 2.24) is 0 Å². The molecule has 1 aromatic rings. The van der Waals surface area contributed by atoms with E-state index in [1.807, 2.05) is 18.2 Å². The number of carbonyl (C=O) groups excluding carboxylic acids is 2. The number of nitrogens with two attached hydrogens (primary N) is 1. The smallest absolute Gasteiger partial charge is 0.310 e.